The fourth-order valence-corrected chi connectivity index (χ4v) is 6.61. The molecule has 1 N–H and O–H groups in total. The Kier molecular flexibility index (Phi) is 7.71. The highest BCUT2D eigenvalue weighted by Crippen LogP contribution is 2.36. The minimum atomic E-state index is -0.147. The van der Waals surface area contributed by atoms with Gasteiger partial charge in [0, 0.05) is 79.8 Å². The summed E-state index contributed by atoms with van der Waals surface area (Å²) in [6, 6.07) is 10.4. The minimum Gasteiger partial charge on any atom is -0.373 e. The summed E-state index contributed by atoms with van der Waals surface area (Å²) >= 11 is 1.97. The van der Waals surface area contributed by atoms with E-state index in [2.05, 4.69) is 61.3 Å². The molecule has 6 rings (SSSR count). The van der Waals surface area contributed by atoms with Crippen LogP contribution in [0, 0.1) is 5.92 Å². The Bertz CT molecular complexity index is 1160. The van der Waals surface area contributed by atoms with Crippen molar-refractivity contribution in [1.82, 2.24) is 19.8 Å². The van der Waals surface area contributed by atoms with Crippen molar-refractivity contribution < 1.29 is 9.23 Å². The van der Waals surface area contributed by atoms with Gasteiger partial charge in [0.25, 0.3) is 0 Å². The van der Waals surface area contributed by atoms with E-state index in [0.717, 1.165) is 75.0 Å². The molecule has 0 amide bonds. The number of anilines is 4. The van der Waals surface area contributed by atoms with Crippen LogP contribution in [-0.4, -0.2) is 90.2 Å². The van der Waals surface area contributed by atoms with Gasteiger partial charge in [-0.3, -0.25) is 4.84 Å². The number of thioether (sulfide) groups is 1. The largest absolute Gasteiger partial charge is 0.373 e. The quantitative estimate of drug-likeness (QED) is 0.582. The molecule has 0 bridgehead atoms. The van der Waals surface area contributed by atoms with Gasteiger partial charge in [0.1, 0.15) is 18.0 Å². The molecule has 202 valence electrons. The highest BCUT2D eigenvalue weighted by Gasteiger charge is 2.36. The van der Waals surface area contributed by atoms with Crippen LogP contribution < -0.4 is 15.3 Å². The summed E-state index contributed by atoms with van der Waals surface area (Å²) in [5.74, 6) is 3.47. The average Bonchev–Trinajstić information content (AvgIpc) is 3.45. The molecule has 4 aliphatic rings. The molecule has 0 saturated carbocycles. The number of rotatable bonds is 6. The maximum Gasteiger partial charge on any atom is 0.158 e. The number of piperazine rings is 1. The zero-order chi connectivity index (χ0) is 25.9. The monoisotopic (exact) mass is 537 g/mol. The van der Waals surface area contributed by atoms with Crippen LogP contribution in [0.1, 0.15) is 12.8 Å². The Hall–Kier alpha value is -2.82. The first-order chi connectivity index (χ1) is 18.6. The molecule has 4 heterocycles. The number of likely N-dealkylation sites (N-methyl/N-ethyl adjacent to an activating group) is 1. The normalized spacial score (nSPS) is 24.8. The molecule has 3 aliphatic heterocycles. The van der Waals surface area contributed by atoms with Crippen LogP contribution in [0.25, 0.3) is 0 Å². The van der Waals surface area contributed by atoms with E-state index in [1.165, 1.54) is 5.69 Å². The van der Waals surface area contributed by atoms with Gasteiger partial charge in [-0.2, -0.15) is 11.8 Å². The number of hydrogen-bond acceptors (Lipinski definition) is 9. The van der Waals surface area contributed by atoms with Crippen molar-refractivity contribution in [1.29, 1.82) is 0 Å². The molecule has 1 aromatic heterocycles. The predicted molar refractivity (Wildman–Crippen MR) is 153 cm³/mol. The molecule has 3 saturated heterocycles. The van der Waals surface area contributed by atoms with Gasteiger partial charge in [-0.1, -0.05) is 0 Å². The van der Waals surface area contributed by atoms with Gasteiger partial charge < -0.3 is 20.0 Å². The number of hydroxylamine groups is 1. The van der Waals surface area contributed by atoms with Gasteiger partial charge in [0.05, 0.1) is 12.6 Å². The molecule has 0 radical (unpaired) electrons. The van der Waals surface area contributed by atoms with Crippen LogP contribution >= 0.6 is 11.8 Å². The lowest BCUT2D eigenvalue weighted by atomic mass is 9.88. The van der Waals surface area contributed by atoms with Crippen molar-refractivity contribution >= 4 is 34.8 Å². The molecule has 8 nitrogen and oxygen atoms in total. The molecule has 10 heteroatoms. The van der Waals surface area contributed by atoms with Crippen molar-refractivity contribution in [2.45, 2.75) is 18.9 Å². The maximum absolute atomic E-state index is 14.7. The Morgan fingerprint density at radius 3 is 2.58 bits per heavy atom. The number of benzene rings is 1. The molecular formula is C28H36FN7OS. The van der Waals surface area contributed by atoms with E-state index in [-0.39, 0.29) is 17.8 Å². The van der Waals surface area contributed by atoms with Crippen molar-refractivity contribution in [3.05, 3.63) is 60.3 Å². The van der Waals surface area contributed by atoms with Gasteiger partial charge in [-0.25, -0.2) is 19.4 Å². The third-order valence-electron chi connectivity index (χ3n) is 7.87. The van der Waals surface area contributed by atoms with E-state index < -0.39 is 0 Å². The molecule has 1 unspecified atom stereocenters. The fraction of sp³-hybridized carbons (Fsp3) is 0.500. The first-order valence-corrected chi connectivity index (χ1v) is 14.7. The topological polar surface area (TPSA) is 60.0 Å². The number of aromatic nitrogens is 2. The van der Waals surface area contributed by atoms with Crippen LogP contribution in [0.4, 0.5) is 27.4 Å². The standard InChI is InChI=1S/C28H36FN7OS/c1-33-7-9-34(10-8-33)24-4-2-23(3-5-24)32-27-19-28(31-20-30-27)36-26(6-13-37-36)21-16-22(29)18-25(17-21)35-11-14-38-15-12-35/h2-5,16,18-21,26H,6-15,17H2,1H3,(H,30,31,32)/t21?,26-/m1/s1. The van der Waals surface area contributed by atoms with Gasteiger partial charge in [-0.05, 0) is 56.3 Å². The Morgan fingerprint density at radius 2 is 1.79 bits per heavy atom. The fourth-order valence-electron chi connectivity index (χ4n) is 5.70. The zero-order valence-electron chi connectivity index (χ0n) is 21.9. The molecule has 2 atom stereocenters. The van der Waals surface area contributed by atoms with E-state index in [1.807, 2.05) is 22.9 Å². The molecular weight excluding hydrogens is 501 g/mol. The van der Waals surface area contributed by atoms with Crippen molar-refractivity contribution in [3.63, 3.8) is 0 Å². The van der Waals surface area contributed by atoms with E-state index in [9.17, 15) is 4.39 Å². The lowest BCUT2D eigenvalue weighted by Crippen LogP contribution is -2.44. The van der Waals surface area contributed by atoms with Crippen molar-refractivity contribution in [2.24, 2.45) is 5.92 Å². The third-order valence-corrected chi connectivity index (χ3v) is 8.81. The Labute approximate surface area is 228 Å². The zero-order valence-corrected chi connectivity index (χ0v) is 22.7. The summed E-state index contributed by atoms with van der Waals surface area (Å²) in [6.07, 6.45) is 6.69. The molecule has 1 aliphatic carbocycles. The van der Waals surface area contributed by atoms with Crippen LogP contribution in [0.15, 0.2) is 60.3 Å². The minimum absolute atomic E-state index is 0.0224. The number of nitrogens with zero attached hydrogens (tertiary/aromatic N) is 6. The first kappa shape index (κ1) is 25.5. The van der Waals surface area contributed by atoms with Gasteiger partial charge in [0.15, 0.2) is 5.82 Å². The maximum atomic E-state index is 14.7. The Morgan fingerprint density at radius 1 is 1.00 bits per heavy atom. The summed E-state index contributed by atoms with van der Waals surface area (Å²) in [6.45, 7) is 6.82. The van der Waals surface area contributed by atoms with E-state index in [0.29, 0.717) is 18.2 Å². The van der Waals surface area contributed by atoms with Gasteiger partial charge >= 0.3 is 0 Å². The smallest absolute Gasteiger partial charge is 0.158 e. The number of allylic oxidation sites excluding steroid dienone is 3. The van der Waals surface area contributed by atoms with Crippen LogP contribution in [0.5, 0.6) is 0 Å². The van der Waals surface area contributed by atoms with E-state index >= 15 is 0 Å². The van der Waals surface area contributed by atoms with Gasteiger partial charge in [-0.15, -0.1) is 0 Å². The second-order valence-corrected chi connectivity index (χ2v) is 11.6. The average molecular weight is 538 g/mol. The van der Waals surface area contributed by atoms with Crippen LogP contribution in [-0.2, 0) is 4.84 Å². The summed E-state index contributed by atoms with van der Waals surface area (Å²) in [7, 11) is 2.17. The van der Waals surface area contributed by atoms with Gasteiger partial charge in [0.2, 0.25) is 0 Å². The summed E-state index contributed by atoms with van der Waals surface area (Å²) in [5, 5.41) is 5.27. The lowest BCUT2D eigenvalue weighted by molar-refractivity contribution is 0.150. The van der Waals surface area contributed by atoms with Crippen LogP contribution in [0.2, 0.25) is 0 Å². The second-order valence-electron chi connectivity index (χ2n) is 10.4. The second kappa shape index (κ2) is 11.5. The highest BCUT2D eigenvalue weighted by molar-refractivity contribution is 7.99. The number of nitrogens with one attached hydrogen (secondary N) is 1. The van der Waals surface area contributed by atoms with Crippen molar-refractivity contribution in [3.8, 4) is 0 Å². The molecule has 0 spiro atoms. The highest BCUT2D eigenvalue weighted by atomic mass is 32.2. The van der Waals surface area contributed by atoms with E-state index in [1.54, 1.807) is 18.5 Å². The number of hydrogen-bond donors (Lipinski definition) is 1. The SMILES string of the molecule is CN1CCN(c2ccc(Nc3cc(N4OCC[C@@H]4C4C=C(F)C=C(N5CCSCC5)C4)ncn3)cc2)CC1. The first-order valence-electron chi connectivity index (χ1n) is 13.6. The van der Waals surface area contributed by atoms with Crippen LogP contribution in [0.3, 0.4) is 0 Å². The third kappa shape index (κ3) is 5.77. The Balaban J connectivity index is 1.13. The van der Waals surface area contributed by atoms with Crippen molar-refractivity contribution in [2.75, 3.05) is 79.7 Å². The summed E-state index contributed by atoms with van der Waals surface area (Å²) < 4.78 is 14.7. The summed E-state index contributed by atoms with van der Waals surface area (Å²) in [5.41, 5.74) is 3.32. The van der Waals surface area contributed by atoms with E-state index in [4.69, 9.17) is 4.84 Å². The molecule has 3 fully saturated rings. The lowest BCUT2D eigenvalue weighted by Gasteiger charge is -2.36. The molecule has 38 heavy (non-hydrogen) atoms. The summed E-state index contributed by atoms with van der Waals surface area (Å²) in [4.78, 5) is 22.1. The molecule has 1 aromatic carbocycles. The molecule has 2 aromatic rings. The number of halogens is 1. The predicted octanol–water partition coefficient (Wildman–Crippen LogP) is 4.29.